The van der Waals surface area contributed by atoms with Crippen LogP contribution in [0.3, 0.4) is 0 Å². The smallest absolute Gasteiger partial charge is 0.234 e. The number of hydrogen-bond acceptors (Lipinski definition) is 2. The van der Waals surface area contributed by atoms with Gasteiger partial charge in [-0.1, -0.05) is 0 Å². The number of nitrogens with one attached hydrogen (secondary N) is 1. The fourth-order valence-electron chi connectivity index (χ4n) is 5.74. The van der Waals surface area contributed by atoms with Crippen LogP contribution in [-0.2, 0) is 4.79 Å². The maximum Gasteiger partial charge on any atom is 0.234 e. The highest BCUT2D eigenvalue weighted by molar-refractivity contribution is 5.79. The van der Waals surface area contributed by atoms with Gasteiger partial charge in [-0.2, -0.15) is 0 Å². The Balaban J connectivity index is 0.00000121. The Labute approximate surface area is 128 Å². The van der Waals surface area contributed by atoms with E-state index in [-0.39, 0.29) is 17.9 Å². The van der Waals surface area contributed by atoms with Gasteiger partial charge in [0.15, 0.2) is 0 Å². The van der Waals surface area contributed by atoms with Crippen LogP contribution in [0.4, 0.5) is 0 Å². The van der Waals surface area contributed by atoms with Gasteiger partial charge in [-0.15, -0.1) is 0 Å². The fourth-order valence-corrected chi connectivity index (χ4v) is 5.74. The number of carbonyl (C=O) groups is 1. The highest BCUT2D eigenvalue weighted by Crippen LogP contribution is 2.55. The van der Waals surface area contributed by atoms with Crippen molar-refractivity contribution in [2.75, 3.05) is 19.6 Å². The van der Waals surface area contributed by atoms with Crippen LogP contribution in [0.15, 0.2) is 0 Å². The first-order valence-corrected chi connectivity index (χ1v) is 8.24. The first kappa shape index (κ1) is 14.6. The van der Waals surface area contributed by atoms with Gasteiger partial charge >= 0.3 is 0 Å². The van der Waals surface area contributed by atoms with Gasteiger partial charge in [0, 0.05) is 5.54 Å². The van der Waals surface area contributed by atoms with Gasteiger partial charge < -0.3 is 17.7 Å². The lowest BCUT2D eigenvalue weighted by atomic mass is 9.53. The summed E-state index contributed by atoms with van der Waals surface area (Å²) in [6.45, 7) is 2.88. The van der Waals surface area contributed by atoms with Crippen LogP contribution in [0.25, 0.3) is 0 Å². The number of likely N-dealkylation sites (tertiary alicyclic amines) is 1. The van der Waals surface area contributed by atoms with E-state index in [0.29, 0.717) is 12.5 Å². The van der Waals surface area contributed by atoms with Gasteiger partial charge in [0.05, 0.1) is 6.54 Å². The van der Waals surface area contributed by atoms with E-state index in [1.807, 2.05) is 0 Å². The number of carbonyl (C=O) groups excluding carboxylic acids is 1. The number of nitrogens with zero attached hydrogens (tertiary/aromatic N) is 1. The zero-order valence-electron chi connectivity index (χ0n) is 12.2. The lowest BCUT2D eigenvalue weighted by Crippen LogP contribution is -3.00. The summed E-state index contributed by atoms with van der Waals surface area (Å²) in [6.07, 6.45) is 10.7. The number of rotatable bonds is 3. The second-order valence-electron chi connectivity index (χ2n) is 7.73. The lowest BCUT2D eigenvalue weighted by Gasteiger charge is -2.57. The van der Waals surface area contributed by atoms with Crippen LogP contribution in [-0.4, -0.2) is 36.0 Å². The van der Waals surface area contributed by atoms with Crippen molar-refractivity contribution in [3.8, 4) is 0 Å². The first-order chi connectivity index (χ1) is 9.21. The summed E-state index contributed by atoms with van der Waals surface area (Å²) in [4.78, 5) is 14.6. The van der Waals surface area contributed by atoms with Gasteiger partial charge in [0.25, 0.3) is 0 Å². The molecular formula is C16H26ClN2O-. The van der Waals surface area contributed by atoms with Crippen molar-refractivity contribution in [1.82, 2.24) is 10.2 Å². The quantitative estimate of drug-likeness (QED) is 0.738. The van der Waals surface area contributed by atoms with Crippen molar-refractivity contribution < 1.29 is 17.2 Å². The molecule has 1 saturated heterocycles. The number of halogens is 1. The van der Waals surface area contributed by atoms with E-state index in [4.69, 9.17) is 0 Å². The van der Waals surface area contributed by atoms with Crippen molar-refractivity contribution in [2.24, 2.45) is 17.8 Å². The van der Waals surface area contributed by atoms with Crippen molar-refractivity contribution in [2.45, 2.75) is 56.9 Å². The zero-order chi connectivity index (χ0) is 12.9. The van der Waals surface area contributed by atoms with Gasteiger partial charge in [0.2, 0.25) is 5.91 Å². The Hall–Kier alpha value is -0.280. The van der Waals surface area contributed by atoms with Crippen LogP contribution < -0.4 is 17.7 Å². The van der Waals surface area contributed by atoms with E-state index in [2.05, 4.69) is 10.2 Å². The molecule has 20 heavy (non-hydrogen) atoms. The SMILES string of the molecule is O=C(CN1CCCC1)NC12CC3CC(CC(C3)C1)C2.[Cl-]. The Bertz CT molecular complexity index is 343. The third-order valence-corrected chi connectivity index (χ3v) is 6.01. The van der Waals surface area contributed by atoms with Crippen molar-refractivity contribution in [3.05, 3.63) is 0 Å². The second kappa shape index (κ2) is 5.49. The van der Waals surface area contributed by atoms with E-state index < -0.39 is 0 Å². The third kappa shape index (κ3) is 2.71. The Kier molecular flexibility index (Phi) is 4.02. The van der Waals surface area contributed by atoms with Crippen LogP contribution >= 0.6 is 0 Å². The summed E-state index contributed by atoms with van der Waals surface area (Å²) < 4.78 is 0. The summed E-state index contributed by atoms with van der Waals surface area (Å²) in [5, 5.41) is 3.47. The van der Waals surface area contributed by atoms with E-state index in [1.165, 1.54) is 51.4 Å². The molecule has 0 aromatic rings. The number of amides is 1. The second-order valence-corrected chi connectivity index (χ2v) is 7.73. The monoisotopic (exact) mass is 297 g/mol. The summed E-state index contributed by atoms with van der Waals surface area (Å²) >= 11 is 0. The number of hydrogen-bond donors (Lipinski definition) is 1. The topological polar surface area (TPSA) is 32.3 Å². The van der Waals surface area contributed by atoms with Crippen LogP contribution in [0.5, 0.6) is 0 Å². The summed E-state index contributed by atoms with van der Waals surface area (Å²) in [7, 11) is 0. The molecule has 1 aliphatic heterocycles. The molecule has 1 amide bonds. The maximum atomic E-state index is 12.3. The van der Waals surface area contributed by atoms with E-state index >= 15 is 0 Å². The predicted octanol–water partition coefficient (Wildman–Crippen LogP) is -0.829. The van der Waals surface area contributed by atoms with Gasteiger partial charge in [0.1, 0.15) is 0 Å². The summed E-state index contributed by atoms with van der Waals surface area (Å²) in [5.74, 6) is 3.04. The molecule has 0 radical (unpaired) electrons. The zero-order valence-corrected chi connectivity index (χ0v) is 13.0. The first-order valence-electron chi connectivity index (χ1n) is 8.24. The van der Waals surface area contributed by atoms with E-state index in [0.717, 1.165) is 30.8 Å². The molecule has 0 atom stereocenters. The molecule has 1 N–H and O–H groups in total. The molecule has 4 saturated carbocycles. The van der Waals surface area contributed by atoms with Crippen LogP contribution in [0.1, 0.15) is 51.4 Å². The molecule has 0 unspecified atom stereocenters. The highest BCUT2D eigenvalue weighted by Gasteiger charge is 2.51. The molecular weight excluding hydrogens is 272 g/mol. The largest absolute Gasteiger partial charge is 1.00 e. The van der Waals surface area contributed by atoms with Crippen molar-refractivity contribution >= 4 is 5.91 Å². The van der Waals surface area contributed by atoms with E-state index in [1.54, 1.807) is 0 Å². The summed E-state index contributed by atoms with van der Waals surface area (Å²) in [5.41, 5.74) is 0.200. The maximum absolute atomic E-state index is 12.3. The molecule has 5 rings (SSSR count). The normalized spacial score (nSPS) is 42.5. The Morgan fingerprint density at radius 1 is 1.00 bits per heavy atom. The summed E-state index contributed by atoms with van der Waals surface area (Å²) in [6, 6.07) is 0. The average Bonchev–Trinajstić information content (AvgIpc) is 2.78. The van der Waals surface area contributed by atoms with Gasteiger partial charge in [-0.3, -0.25) is 9.69 Å². The van der Waals surface area contributed by atoms with Crippen LogP contribution in [0, 0.1) is 17.8 Å². The van der Waals surface area contributed by atoms with E-state index in [9.17, 15) is 4.79 Å². The molecule has 5 aliphatic rings. The predicted molar refractivity (Wildman–Crippen MR) is 74.7 cm³/mol. The molecule has 0 aromatic carbocycles. The minimum absolute atomic E-state index is 0. The van der Waals surface area contributed by atoms with Crippen molar-refractivity contribution in [3.63, 3.8) is 0 Å². The average molecular weight is 298 g/mol. The standard InChI is InChI=1S/C16H26N2O.ClH/c19-15(11-18-3-1-2-4-18)17-16-8-12-5-13(9-16)7-14(6-12)10-16;/h12-14H,1-11H2,(H,17,19);1H/p-1. The van der Waals surface area contributed by atoms with Gasteiger partial charge in [-0.25, -0.2) is 0 Å². The third-order valence-electron chi connectivity index (χ3n) is 6.01. The van der Waals surface area contributed by atoms with Crippen molar-refractivity contribution in [1.29, 1.82) is 0 Å². The Morgan fingerprint density at radius 2 is 1.50 bits per heavy atom. The van der Waals surface area contributed by atoms with Crippen LogP contribution in [0.2, 0.25) is 0 Å². The minimum atomic E-state index is 0. The lowest BCUT2D eigenvalue weighted by molar-refractivity contribution is -0.127. The molecule has 114 valence electrons. The molecule has 0 aromatic heterocycles. The molecule has 0 spiro atoms. The van der Waals surface area contributed by atoms with Gasteiger partial charge in [-0.05, 0) is 82.2 Å². The highest BCUT2D eigenvalue weighted by atomic mass is 35.5. The molecule has 1 heterocycles. The molecule has 4 aliphatic carbocycles. The molecule has 3 nitrogen and oxygen atoms in total. The fraction of sp³-hybridized carbons (Fsp3) is 0.938. The molecule has 4 bridgehead atoms. The minimum Gasteiger partial charge on any atom is -1.00 e. The molecule has 4 heteroatoms. The molecule has 5 fully saturated rings. The Morgan fingerprint density at radius 3 is 2.00 bits per heavy atom.